The number of anilines is 2. The van der Waals surface area contributed by atoms with Gasteiger partial charge in [-0.15, -0.1) is 0 Å². The second-order valence-corrected chi connectivity index (χ2v) is 6.06. The van der Waals surface area contributed by atoms with Crippen molar-refractivity contribution < 1.29 is 18.8 Å². The van der Waals surface area contributed by atoms with Crippen LogP contribution in [0, 0.1) is 11.7 Å². The van der Waals surface area contributed by atoms with E-state index in [9.17, 15) is 18.8 Å². The van der Waals surface area contributed by atoms with Crippen LogP contribution in [0.5, 0.6) is 0 Å². The van der Waals surface area contributed by atoms with E-state index in [0.717, 1.165) is 17.0 Å². The number of urea groups is 1. The molecule has 12 heteroatoms. The zero-order valence-corrected chi connectivity index (χ0v) is 14.9. The first-order chi connectivity index (χ1) is 12.7. The highest BCUT2D eigenvalue weighted by atomic mass is 35.5. The normalized spacial score (nSPS) is 17.5. The largest absolute Gasteiger partial charge is 0.335 e. The van der Waals surface area contributed by atoms with E-state index in [1.165, 1.54) is 24.8 Å². The molecular formula is C15H13ClFN7O3. The number of benzene rings is 1. The highest BCUT2D eigenvalue weighted by molar-refractivity contribution is 6.36. The number of rotatable bonds is 3. The SMILES string of the molecule is C=C1C(C(=O)Nc2nnnn2C)C(=O)N(c2ccc(F)cc2Cl)C(=O)N1C. The molecule has 140 valence electrons. The Hall–Kier alpha value is -3.34. The van der Waals surface area contributed by atoms with Gasteiger partial charge in [-0.2, -0.15) is 0 Å². The monoisotopic (exact) mass is 393 g/mol. The summed E-state index contributed by atoms with van der Waals surface area (Å²) in [6.45, 7) is 3.66. The highest BCUT2D eigenvalue weighted by Gasteiger charge is 2.46. The van der Waals surface area contributed by atoms with E-state index in [1.54, 1.807) is 0 Å². The van der Waals surface area contributed by atoms with Crippen molar-refractivity contribution in [2.24, 2.45) is 13.0 Å². The number of tetrazole rings is 1. The summed E-state index contributed by atoms with van der Waals surface area (Å²) in [5, 5.41) is 12.8. The topological polar surface area (TPSA) is 113 Å². The van der Waals surface area contributed by atoms with Crippen LogP contribution < -0.4 is 10.2 Å². The van der Waals surface area contributed by atoms with Gasteiger partial charge in [0.05, 0.1) is 10.7 Å². The fourth-order valence-electron chi connectivity index (χ4n) is 2.50. The number of carbonyl (C=O) groups excluding carboxylic acids is 3. The Balaban J connectivity index is 1.98. The number of nitrogens with one attached hydrogen (secondary N) is 1. The predicted octanol–water partition coefficient (Wildman–Crippen LogP) is 1.17. The first-order valence-corrected chi connectivity index (χ1v) is 7.89. The fourth-order valence-corrected chi connectivity index (χ4v) is 2.75. The molecule has 0 bridgehead atoms. The van der Waals surface area contributed by atoms with E-state index in [1.807, 2.05) is 0 Å². The zero-order valence-electron chi connectivity index (χ0n) is 14.2. The average Bonchev–Trinajstić information content (AvgIpc) is 3.00. The van der Waals surface area contributed by atoms with Crippen LogP contribution in [0.4, 0.5) is 20.8 Å². The number of aromatic nitrogens is 4. The molecule has 10 nitrogen and oxygen atoms in total. The second-order valence-electron chi connectivity index (χ2n) is 5.65. The van der Waals surface area contributed by atoms with Gasteiger partial charge >= 0.3 is 6.03 Å². The standard InChI is InChI=1S/C15H13ClFN7O3/c1-7-11(12(25)18-14-19-20-21-23(14)3)13(26)24(15(27)22(7)2)10-5-4-8(17)6-9(10)16/h4-6,11H,1H2,2-3H3,(H,18,19,21,25). The summed E-state index contributed by atoms with van der Waals surface area (Å²) in [4.78, 5) is 39.9. The molecule has 2 aromatic rings. The number of nitrogens with zero attached hydrogens (tertiary/aromatic N) is 6. The average molecular weight is 394 g/mol. The Kier molecular flexibility index (Phi) is 4.62. The second kappa shape index (κ2) is 6.76. The number of imide groups is 1. The van der Waals surface area contributed by atoms with Gasteiger partial charge in [-0.05, 0) is 28.6 Å². The van der Waals surface area contributed by atoms with Gasteiger partial charge in [0, 0.05) is 19.8 Å². The summed E-state index contributed by atoms with van der Waals surface area (Å²) in [6.07, 6.45) is 0. The summed E-state index contributed by atoms with van der Waals surface area (Å²) < 4.78 is 14.5. The third kappa shape index (κ3) is 3.12. The van der Waals surface area contributed by atoms with Crippen LogP contribution >= 0.6 is 11.6 Å². The molecule has 1 N–H and O–H groups in total. The molecule has 27 heavy (non-hydrogen) atoms. The van der Waals surface area contributed by atoms with E-state index in [2.05, 4.69) is 27.4 Å². The van der Waals surface area contributed by atoms with Gasteiger partial charge in [0.1, 0.15) is 5.82 Å². The molecule has 0 saturated carbocycles. The maximum absolute atomic E-state index is 13.3. The maximum atomic E-state index is 13.3. The van der Waals surface area contributed by atoms with Crippen LogP contribution in [0.25, 0.3) is 0 Å². The Labute approximate surface area is 157 Å². The van der Waals surface area contributed by atoms with Crippen molar-refractivity contribution in [3.63, 3.8) is 0 Å². The number of aryl methyl sites for hydroxylation is 1. The van der Waals surface area contributed by atoms with Crippen molar-refractivity contribution in [1.29, 1.82) is 0 Å². The Morgan fingerprint density at radius 3 is 2.63 bits per heavy atom. The van der Waals surface area contributed by atoms with Gasteiger partial charge in [0.25, 0.3) is 5.91 Å². The molecule has 0 spiro atoms. The van der Waals surface area contributed by atoms with Crippen LogP contribution in [0.3, 0.4) is 0 Å². The fraction of sp³-hybridized carbons (Fsp3) is 0.200. The van der Waals surface area contributed by atoms with Crippen molar-refractivity contribution in [3.05, 3.63) is 41.3 Å². The number of hydrogen-bond donors (Lipinski definition) is 1. The molecule has 1 aromatic heterocycles. The molecule has 1 atom stereocenters. The van der Waals surface area contributed by atoms with E-state index in [-0.39, 0.29) is 22.4 Å². The van der Waals surface area contributed by atoms with Crippen molar-refractivity contribution in [2.75, 3.05) is 17.3 Å². The summed E-state index contributed by atoms with van der Waals surface area (Å²) in [5.41, 5.74) is -0.0855. The summed E-state index contributed by atoms with van der Waals surface area (Å²) in [5.74, 6) is -3.74. The third-order valence-electron chi connectivity index (χ3n) is 3.98. The Morgan fingerprint density at radius 1 is 1.33 bits per heavy atom. The number of amides is 4. The first-order valence-electron chi connectivity index (χ1n) is 7.51. The molecule has 2 heterocycles. The van der Waals surface area contributed by atoms with Crippen molar-refractivity contribution >= 4 is 41.1 Å². The number of carbonyl (C=O) groups is 3. The van der Waals surface area contributed by atoms with Gasteiger partial charge in [-0.3, -0.25) is 19.8 Å². The molecule has 4 amide bonds. The smallest absolute Gasteiger partial charge is 0.300 e. The van der Waals surface area contributed by atoms with Crippen LogP contribution in [0.1, 0.15) is 0 Å². The molecule has 1 fully saturated rings. The molecule has 3 rings (SSSR count). The predicted molar refractivity (Wildman–Crippen MR) is 92.1 cm³/mol. The highest BCUT2D eigenvalue weighted by Crippen LogP contribution is 2.33. The Bertz CT molecular complexity index is 976. The first kappa shape index (κ1) is 18.5. The number of hydrogen-bond acceptors (Lipinski definition) is 6. The lowest BCUT2D eigenvalue weighted by atomic mass is 9.99. The van der Waals surface area contributed by atoms with Gasteiger partial charge < -0.3 is 0 Å². The lowest BCUT2D eigenvalue weighted by Gasteiger charge is -2.37. The molecule has 1 aliphatic rings. The molecule has 1 unspecified atom stereocenters. The minimum absolute atomic E-state index is 0.00603. The summed E-state index contributed by atoms with van der Waals surface area (Å²) in [6, 6.07) is 2.41. The third-order valence-corrected chi connectivity index (χ3v) is 4.28. The zero-order chi connectivity index (χ0) is 19.9. The van der Waals surface area contributed by atoms with E-state index < -0.39 is 29.6 Å². The summed E-state index contributed by atoms with van der Waals surface area (Å²) in [7, 11) is 2.85. The molecule has 0 aliphatic carbocycles. The van der Waals surface area contributed by atoms with Gasteiger partial charge in [0.2, 0.25) is 11.9 Å². The molecule has 1 saturated heterocycles. The van der Waals surface area contributed by atoms with Crippen LogP contribution in [-0.4, -0.2) is 50.0 Å². The molecule has 1 aliphatic heterocycles. The Morgan fingerprint density at radius 2 is 2.04 bits per heavy atom. The van der Waals surface area contributed by atoms with Crippen molar-refractivity contribution in [2.45, 2.75) is 0 Å². The van der Waals surface area contributed by atoms with Gasteiger partial charge in [0.15, 0.2) is 5.92 Å². The number of halogens is 2. The van der Waals surface area contributed by atoms with E-state index >= 15 is 0 Å². The van der Waals surface area contributed by atoms with E-state index in [4.69, 9.17) is 11.6 Å². The maximum Gasteiger partial charge on any atom is 0.335 e. The van der Waals surface area contributed by atoms with Crippen molar-refractivity contribution in [3.8, 4) is 0 Å². The van der Waals surface area contributed by atoms with Crippen LogP contribution in [0.15, 0.2) is 30.5 Å². The van der Waals surface area contributed by atoms with E-state index in [0.29, 0.717) is 4.90 Å². The molecule has 1 aromatic carbocycles. The van der Waals surface area contributed by atoms with Gasteiger partial charge in [-0.25, -0.2) is 18.8 Å². The van der Waals surface area contributed by atoms with Crippen molar-refractivity contribution in [1.82, 2.24) is 25.1 Å². The van der Waals surface area contributed by atoms with Crippen LogP contribution in [-0.2, 0) is 16.6 Å². The lowest BCUT2D eigenvalue weighted by Crippen LogP contribution is -2.57. The molecular weight excluding hydrogens is 381 g/mol. The minimum Gasteiger partial charge on any atom is -0.300 e. The van der Waals surface area contributed by atoms with Gasteiger partial charge in [-0.1, -0.05) is 23.3 Å². The molecule has 0 radical (unpaired) electrons. The van der Waals surface area contributed by atoms with Crippen LogP contribution in [0.2, 0.25) is 5.02 Å². The summed E-state index contributed by atoms with van der Waals surface area (Å²) >= 11 is 5.98. The minimum atomic E-state index is -1.44. The quantitative estimate of drug-likeness (QED) is 0.783. The lowest BCUT2D eigenvalue weighted by molar-refractivity contribution is -0.130.